The SMILES string of the molecule is CC/C=C\C/C=C\C/C=C\C/C=C\C/C=C\C/C=C\CCC(=O)OCC(COCCCCCCCC/C=C\C/C=C\CCC)OC(=O)CCCCCC/C=C\C/C=C\C/C=C\C/C=C\CC. The molecule has 0 aliphatic rings. The van der Waals surface area contributed by atoms with Crippen LogP contribution in [0, 0.1) is 0 Å². The van der Waals surface area contributed by atoms with E-state index in [4.69, 9.17) is 14.2 Å². The summed E-state index contributed by atoms with van der Waals surface area (Å²) >= 11 is 0. The number of allylic oxidation sites excluding steroid dienone is 24. The minimum Gasteiger partial charge on any atom is -0.462 e. The Kier molecular flexibility index (Phi) is 51.6. The largest absolute Gasteiger partial charge is 0.462 e. The number of unbranched alkanes of at least 4 members (excludes halogenated alkanes) is 11. The molecule has 5 nitrogen and oxygen atoms in total. The van der Waals surface area contributed by atoms with E-state index in [2.05, 4.69) is 161 Å². The van der Waals surface area contributed by atoms with E-state index in [-0.39, 0.29) is 31.6 Å². The van der Waals surface area contributed by atoms with Crippen LogP contribution in [0.2, 0.25) is 0 Å². The van der Waals surface area contributed by atoms with Crippen LogP contribution < -0.4 is 0 Å². The summed E-state index contributed by atoms with van der Waals surface area (Å²) in [5.74, 6) is -0.539. The molecule has 0 heterocycles. The molecule has 0 aliphatic heterocycles. The van der Waals surface area contributed by atoms with Gasteiger partial charge in [-0.1, -0.05) is 212 Å². The van der Waals surface area contributed by atoms with Crippen molar-refractivity contribution in [3.8, 4) is 0 Å². The average Bonchev–Trinajstić information content (AvgIpc) is 3.32. The smallest absolute Gasteiger partial charge is 0.306 e. The summed E-state index contributed by atoms with van der Waals surface area (Å²) in [5, 5.41) is 0. The fourth-order valence-electron chi connectivity index (χ4n) is 6.50. The monoisotopic (exact) mass is 909 g/mol. The highest BCUT2D eigenvalue weighted by Crippen LogP contribution is 2.11. The summed E-state index contributed by atoms with van der Waals surface area (Å²) in [5.41, 5.74) is 0. The maximum Gasteiger partial charge on any atom is 0.306 e. The maximum absolute atomic E-state index is 12.8. The quantitative estimate of drug-likeness (QED) is 0.0346. The number of hydrogen-bond acceptors (Lipinski definition) is 5. The second-order valence-corrected chi connectivity index (χ2v) is 16.7. The van der Waals surface area contributed by atoms with E-state index in [9.17, 15) is 9.59 Å². The third kappa shape index (κ3) is 52.4. The molecule has 0 amide bonds. The number of carbonyl (C=O) groups is 2. The standard InChI is InChI=1S/C61H96O5/c1-4-7-10-13-16-19-22-25-28-30-31-33-34-36-39-42-45-48-51-54-60(62)65-58-59(57-64-56-53-50-47-44-41-38-27-24-21-18-15-12-9-6-3)66-61(63)55-52-49-46-43-40-37-35-32-29-26-23-20-17-14-11-8-5-2/h7-8,10-12,15-17,19-21,24-26,28-29,31,33,35-37,39,45,48,59H,4-6,9,13-14,18,22-23,27,30,32,34,38,40-44,46-47,49-58H2,1-3H3/b10-7-,11-8-,15-12-,19-16-,20-17-,24-21-,28-25-,29-26-,33-31-,37-35-,39-36-,48-45-. The Morgan fingerprint density at radius 2 is 0.712 bits per heavy atom. The minimum atomic E-state index is -0.597. The first-order valence-electron chi connectivity index (χ1n) is 26.4. The molecule has 0 saturated carbocycles. The van der Waals surface area contributed by atoms with Gasteiger partial charge in [0.2, 0.25) is 0 Å². The number of hydrogen-bond donors (Lipinski definition) is 0. The van der Waals surface area contributed by atoms with Gasteiger partial charge in [0, 0.05) is 19.4 Å². The average molecular weight is 909 g/mol. The second-order valence-electron chi connectivity index (χ2n) is 16.7. The molecule has 0 aromatic carbocycles. The van der Waals surface area contributed by atoms with E-state index >= 15 is 0 Å². The van der Waals surface area contributed by atoms with Gasteiger partial charge in [-0.2, -0.15) is 0 Å². The highest BCUT2D eigenvalue weighted by molar-refractivity contribution is 5.70. The van der Waals surface area contributed by atoms with Crippen molar-refractivity contribution >= 4 is 11.9 Å². The van der Waals surface area contributed by atoms with E-state index in [1.54, 1.807) is 0 Å². The topological polar surface area (TPSA) is 61.8 Å². The lowest BCUT2D eigenvalue weighted by Gasteiger charge is -2.18. The summed E-state index contributed by atoms with van der Waals surface area (Å²) in [6, 6.07) is 0. The lowest BCUT2D eigenvalue weighted by molar-refractivity contribution is -0.162. The predicted molar refractivity (Wildman–Crippen MR) is 288 cm³/mol. The van der Waals surface area contributed by atoms with Gasteiger partial charge in [0.05, 0.1) is 6.61 Å². The van der Waals surface area contributed by atoms with Crippen LogP contribution in [0.3, 0.4) is 0 Å². The molecule has 66 heavy (non-hydrogen) atoms. The van der Waals surface area contributed by atoms with Crippen LogP contribution in [0.4, 0.5) is 0 Å². The summed E-state index contributed by atoms with van der Waals surface area (Å²) in [7, 11) is 0. The summed E-state index contributed by atoms with van der Waals surface area (Å²) in [4.78, 5) is 25.4. The molecule has 1 atom stereocenters. The normalized spacial score (nSPS) is 13.4. The van der Waals surface area contributed by atoms with Gasteiger partial charge in [0.1, 0.15) is 6.61 Å². The Bertz CT molecular complexity index is 1450. The number of carbonyl (C=O) groups excluding carboxylic acids is 2. The van der Waals surface area contributed by atoms with Gasteiger partial charge >= 0.3 is 11.9 Å². The van der Waals surface area contributed by atoms with Crippen molar-refractivity contribution in [2.75, 3.05) is 19.8 Å². The molecular weight excluding hydrogens is 813 g/mol. The molecule has 0 saturated heterocycles. The zero-order chi connectivity index (χ0) is 47.7. The van der Waals surface area contributed by atoms with Crippen LogP contribution in [0.25, 0.3) is 0 Å². The Labute approximate surface area is 406 Å². The summed E-state index contributed by atoms with van der Waals surface area (Å²) in [6.07, 6.45) is 80.1. The van der Waals surface area contributed by atoms with Crippen molar-refractivity contribution < 1.29 is 23.8 Å². The van der Waals surface area contributed by atoms with E-state index in [0.29, 0.717) is 19.4 Å². The van der Waals surface area contributed by atoms with Gasteiger partial charge in [0.25, 0.3) is 0 Å². The van der Waals surface area contributed by atoms with Crippen molar-refractivity contribution in [3.63, 3.8) is 0 Å². The van der Waals surface area contributed by atoms with Gasteiger partial charge in [-0.15, -0.1) is 0 Å². The van der Waals surface area contributed by atoms with E-state index in [1.807, 2.05) is 6.08 Å². The molecule has 0 rings (SSSR count). The minimum absolute atomic E-state index is 0.0205. The Morgan fingerprint density at radius 1 is 0.348 bits per heavy atom. The van der Waals surface area contributed by atoms with Gasteiger partial charge < -0.3 is 14.2 Å². The molecule has 0 fully saturated rings. The van der Waals surface area contributed by atoms with E-state index < -0.39 is 6.10 Å². The number of ether oxygens (including phenoxy) is 3. The lowest BCUT2D eigenvalue weighted by atomic mass is 10.1. The highest BCUT2D eigenvalue weighted by Gasteiger charge is 2.17. The zero-order valence-corrected chi connectivity index (χ0v) is 42.4. The Morgan fingerprint density at radius 3 is 1.15 bits per heavy atom. The molecule has 370 valence electrons. The fraction of sp³-hybridized carbons (Fsp3) is 0.574. The molecule has 0 N–H and O–H groups in total. The van der Waals surface area contributed by atoms with Crippen LogP contribution >= 0.6 is 0 Å². The van der Waals surface area contributed by atoms with Gasteiger partial charge in [0.15, 0.2) is 6.10 Å². The van der Waals surface area contributed by atoms with Crippen LogP contribution in [-0.4, -0.2) is 37.9 Å². The van der Waals surface area contributed by atoms with E-state index in [1.165, 1.54) is 38.5 Å². The summed E-state index contributed by atoms with van der Waals surface area (Å²) in [6.45, 7) is 7.38. The van der Waals surface area contributed by atoms with Crippen LogP contribution in [0.15, 0.2) is 146 Å². The number of rotatable bonds is 46. The zero-order valence-electron chi connectivity index (χ0n) is 42.4. The Hall–Kier alpha value is -4.22. The van der Waals surface area contributed by atoms with Crippen molar-refractivity contribution in [1.82, 2.24) is 0 Å². The first kappa shape index (κ1) is 61.8. The molecular formula is C61H96O5. The van der Waals surface area contributed by atoms with Crippen molar-refractivity contribution in [3.05, 3.63) is 146 Å². The van der Waals surface area contributed by atoms with Crippen molar-refractivity contribution in [2.24, 2.45) is 0 Å². The van der Waals surface area contributed by atoms with Crippen molar-refractivity contribution in [1.29, 1.82) is 0 Å². The molecule has 0 radical (unpaired) electrons. The first-order chi connectivity index (χ1) is 32.6. The fourth-order valence-corrected chi connectivity index (χ4v) is 6.50. The molecule has 0 aromatic rings. The molecule has 0 aromatic heterocycles. The molecule has 0 bridgehead atoms. The third-order valence-corrected chi connectivity index (χ3v) is 10.3. The predicted octanol–water partition coefficient (Wildman–Crippen LogP) is 18.1. The molecule has 0 spiro atoms. The van der Waals surface area contributed by atoms with Gasteiger partial charge in [-0.3, -0.25) is 9.59 Å². The first-order valence-corrected chi connectivity index (χ1v) is 26.4. The highest BCUT2D eigenvalue weighted by atomic mass is 16.6. The van der Waals surface area contributed by atoms with Crippen LogP contribution in [-0.2, 0) is 23.8 Å². The second kappa shape index (κ2) is 55.1. The van der Waals surface area contributed by atoms with Crippen LogP contribution in [0.1, 0.15) is 201 Å². The number of esters is 2. The van der Waals surface area contributed by atoms with Gasteiger partial charge in [-0.05, 0) is 122 Å². The molecule has 5 heteroatoms. The molecule has 1 unspecified atom stereocenters. The third-order valence-electron chi connectivity index (χ3n) is 10.3. The van der Waals surface area contributed by atoms with Gasteiger partial charge in [-0.25, -0.2) is 0 Å². The summed E-state index contributed by atoms with van der Waals surface area (Å²) < 4.78 is 17.3. The van der Waals surface area contributed by atoms with Crippen LogP contribution in [0.5, 0.6) is 0 Å². The van der Waals surface area contributed by atoms with Crippen molar-refractivity contribution in [2.45, 2.75) is 207 Å². The Balaban J connectivity index is 4.49. The molecule has 0 aliphatic carbocycles. The van der Waals surface area contributed by atoms with E-state index in [0.717, 1.165) is 122 Å². The maximum atomic E-state index is 12.8. The lowest BCUT2D eigenvalue weighted by Crippen LogP contribution is -2.30.